The molecule has 0 aliphatic carbocycles. The molecule has 0 saturated carbocycles. The van der Waals surface area contributed by atoms with Gasteiger partial charge in [-0.2, -0.15) is 0 Å². The first kappa shape index (κ1) is 9.40. The minimum atomic E-state index is 0.0467. The second-order valence-electron chi connectivity index (χ2n) is 3.31. The highest BCUT2D eigenvalue weighted by molar-refractivity contribution is 6.29. The van der Waals surface area contributed by atoms with E-state index >= 15 is 0 Å². The smallest absolute Gasteiger partial charge is 0.223 e. The predicted molar refractivity (Wildman–Crippen MR) is 51.9 cm³/mol. The summed E-state index contributed by atoms with van der Waals surface area (Å²) in [4.78, 5) is 19.3. The normalized spacial score (nSPS) is 20.9. The monoisotopic (exact) mass is 211 g/mol. The highest BCUT2D eigenvalue weighted by Crippen LogP contribution is 2.14. The predicted octanol–water partition coefficient (Wildman–Crippen LogP) is 0.809. The van der Waals surface area contributed by atoms with Crippen molar-refractivity contribution in [1.82, 2.24) is 15.3 Å². The summed E-state index contributed by atoms with van der Waals surface area (Å²) in [5, 5.41) is 3.17. The highest BCUT2D eigenvalue weighted by atomic mass is 35.5. The summed E-state index contributed by atoms with van der Waals surface area (Å²) >= 11 is 5.60. The number of nitrogens with zero attached hydrogens (tertiary/aromatic N) is 2. The van der Waals surface area contributed by atoms with Gasteiger partial charge in [0.1, 0.15) is 5.15 Å². The summed E-state index contributed by atoms with van der Waals surface area (Å²) in [6.07, 6.45) is 4.65. The Labute approximate surface area is 86.7 Å². The minimum absolute atomic E-state index is 0.0467. The summed E-state index contributed by atoms with van der Waals surface area (Å²) in [5.41, 5.74) is 0.816. The quantitative estimate of drug-likeness (QED) is 0.788. The van der Waals surface area contributed by atoms with Crippen LogP contribution in [0.5, 0.6) is 0 Å². The molecule has 2 rings (SSSR count). The number of rotatable bonds is 2. The molecule has 1 atom stereocenters. The van der Waals surface area contributed by atoms with E-state index in [0.29, 0.717) is 11.6 Å². The molecule has 2 heterocycles. The number of halogens is 1. The lowest BCUT2D eigenvalue weighted by molar-refractivity contribution is -0.122. The summed E-state index contributed by atoms with van der Waals surface area (Å²) in [6, 6.07) is 0. The number of nitrogens with one attached hydrogen (secondary N) is 1. The van der Waals surface area contributed by atoms with E-state index in [1.165, 1.54) is 6.20 Å². The standard InChI is InChI=1S/C9H10ClN3O/c10-8-5-12-7(4-13-8)3-6-1-2-11-9(6)14/h4-6H,1-3H2,(H,11,14). The van der Waals surface area contributed by atoms with Crippen LogP contribution in [0.3, 0.4) is 0 Å². The van der Waals surface area contributed by atoms with E-state index in [0.717, 1.165) is 18.7 Å². The summed E-state index contributed by atoms with van der Waals surface area (Å²) in [7, 11) is 0. The Kier molecular flexibility index (Phi) is 2.63. The lowest BCUT2D eigenvalue weighted by Gasteiger charge is -2.04. The molecule has 1 aliphatic heterocycles. The van der Waals surface area contributed by atoms with E-state index in [4.69, 9.17) is 11.6 Å². The third-order valence-electron chi connectivity index (χ3n) is 2.29. The molecule has 0 bridgehead atoms. The number of amides is 1. The molecule has 0 aromatic carbocycles. The molecule has 1 saturated heterocycles. The fraction of sp³-hybridized carbons (Fsp3) is 0.444. The molecule has 0 radical (unpaired) electrons. The first-order valence-corrected chi connectivity index (χ1v) is 4.87. The van der Waals surface area contributed by atoms with Crippen LogP contribution in [0.2, 0.25) is 5.15 Å². The van der Waals surface area contributed by atoms with Crippen molar-refractivity contribution in [2.75, 3.05) is 6.54 Å². The van der Waals surface area contributed by atoms with Crippen molar-refractivity contribution in [2.45, 2.75) is 12.8 Å². The van der Waals surface area contributed by atoms with Crippen LogP contribution in [0.4, 0.5) is 0 Å². The molecule has 14 heavy (non-hydrogen) atoms. The van der Waals surface area contributed by atoms with Crippen LogP contribution < -0.4 is 5.32 Å². The van der Waals surface area contributed by atoms with Gasteiger partial charge in [-0.1, -0.05) is 11.6 Å². The maximum Gasteiger partial charge on any atom is 0.223 e. The summed E-state index contributed by atoms with van der Waals surface area (Å²) in [6.45, 7) is 0.768. The molecular weight excluding hydrogens is 202 g/mol. The third-order valence-corrected chi connectivity index (χ3v) is 2.49. The van der Waals surface area contributed by atoms with Gasteiger partial charge < -0.3 is 5.32 Å². The number of aromatic nitrogens is 2. The molecule has 1 amide bonds. The van der Waals surface area contributed by atoms with Gasteiger partial charge in [0.05, 0.1) is 18.1 Å². The van der Waals surface area contributed by atoms with Crippen molar-refractivity contribution in [2.24, 2.45) is 5.92 Å². The van der Waals surface area contributed by atoms with Crippen LogP contribution >= 0.6 is 11.6 Å². The van der Waals surface area contributed by atoms with Gasteiger partial charge in [0.2, 0.25) is 5.91 Å². The zero-order chi connectivity index (χ0) is 9.97. The van der Waals surface area contributed by atoms with Crippen molar-refractivity contribution in [3.8, 4) is 0 Å². The van der Waals surface area contributed by atoms with Crippen molar-refractivity contribution in [1.29, 1.82) is 0 Å². The van der Waals surface area contributed by atoms with E-state index in [2.05, 4.69) is 15.3 Å². The van der Waals surface area contributed by atoms with Crippen LogP contribution in [0.1, 0.15) is 12.1 Å². The first-order chi connectivity index (χ1) is 6.75. The minimum Gasteiger partial charge on any atom is -0.356 e. The molecule has 1 aliphatic rings. The molecule has 1 N–H and O–H groups in total. The van der Waals surface area contributed by atoms with Gasteiger partial charge in [0.15, 0.2) is 0 Å². The molecule has 1 aromatic rings. The number of hydrogen-bond acceptors (Lipinski definition) is 3. The average molecular weight is 212 g/mol. The average Bonchev–Trinajstić information content (AvgIpc) is 2.56. The molecule has 4 nitrogen and oxygen atoms in total. The van der Waals surface area contributed by atoms with Crippen LogP contribution in [-0.4, -0.2) is 22.4 Å². The van der Waals surface area contributed by atoms with Gasteiger partial charge in [-0.05, 0) is 6.42 Å². The molecule has 1 fully saturated rings. The summed E-state index contributed by atoms with van der Waals surface area (Å²) < 4.78 is 0. The van der Waals surface area contributed by atoms with E-state index < -0.39 is 0 Å². The van der Waals surface area contributed by atoms with Crippen molar-refractivity contribution in [3.63, 3.8) is 0 Å². The number of carbonyl (C=O) groups is 1. The van der Waals surface area contributed by atoms with E-state index in [9.17, 15) is 4.79 Å². The second-order valence-corrected chi connectivity index (χ2v) is 3.70. The van der Waals surface area contributed by atoms with Gasteiger partial charge >= 0.3 is 0 Å². The van der Waals surface area contributed by atoms with Crippen LogP contribution in [0, 0.1) is 5.92 Å². The molecule has 1 aromatic heterocycles. The Morgan fingerprint density at radius 2 is 2.36 bits per heavy atom. The van der Waals surface area contributed by atoms with Gasteiger partial charge in [-0.25, -0.2) is 4.98 Å². The van der Waals surface area contributed by atoms with Crippen LogP contribution in [0.15, 0.2) is 12.4 Å². The van der Waals surface area contributed by atoms with Gasteiger partial charge in [0.25, 0.3) is 0 Å². The van der Waals surface area contributed by atoms with E-state index in [-0.39, 0.29) is 11.8 Å². The Hall–Kier alpha value is -1.16. The second kappa shape index (κ2) is 3.92. The van der Waals surface area contributed by atoms with Crippen LogP contribution in [0.25, 0.3) is 0 Å². The SMILES string of the molecule is O=C1NCCC1Cc1cnc(Cl)cn1. The van der Waals surface area contributed by atoms with Gasteiger partial charge in [-0.15, -0.1) is 0 Å². The maximum absolute atomic E-state index is 11.3. The zero-order valence-corrected chi connectivity index (χ0v) is 8.29. The highest BCUT2D eigenvalue weighted by Gasteiger charge is 2.24. The lowest BCUT2D eigenvalue weighted by Crippen LogP contribution is -2.20. The maximum atomic E-state index is 11.3. The molecular formula is C9H10ClN3O. The number of hydrogen-bond donors (Lipinski definition) is 1. The molecule has 74 valence electrons. The fourth-order valence-electron chi connectivity index (χ4n) is 1.54. The van der Waals surface area contributed by atoms with Crippen molar-refractivity contribution < 1.29 is 4.79 Å². The summed E-state index contributed by atoms with van der Waals surface area (Å²) in [5.74, 6) is 0.159. The van der Waals surface area contributed by atoms with Gasteiger partial charge in [0, 0.05) is 18.9 Å². The molecule has 0 spiro atoms. The Morgan fingerprint density at radius 1 is 1.50 bits per heavy atom. The first-order valence-electron chi connectivity index (χ1n) is 4.50. The van der Waals surface area contributed by atoms with Crippen LogP contribution in [-0.2, 0) is 11.2 Å². The Morgan fingerprint density at radius 3 is 2.93 bits per heavy atom. The van der Waals surface area contributed by atoms with Crippen molar-refractivity contribution in [3.05, 3.63) is 23.2 Å². The molecule has 5 heteroatoms. The third kappa shape index (κ3) is 2.01. The van der Waals surface area contributed by atoms with Gasteiger partial charge in [-0.3, -0.25) is 9.78 Å². The zero-order valence-electron chi connectivity index (χ0n) is 7.53. The topological polar surface area (TPSA) is 54.9 Å². The Balaban J connectivity index is 2.03. The fourth-order valence-corrected chi connectivity index (χ4v) is 1.63. The number of carbonyl (C=O) groups excluding carboxylic acids is 1. The van der Waals surface area contributed by atoms with E-state index in [1.54, 1.807) is 6.20 Å². The largest absolute Gasteiger partial charge is 0.356 e. The van der Waals surface area contributed by atoms with Crippen molar-refractivity contribution >= 4 is 17.5 Å². The molecule has 1 unspecified atom stereocenters. The van der Waals surface area contributed by atoms with E-state index in [1.807, 2.05) is 0 Å². The lowest BCUT2D eigenvalue weighted by atomic mass is 10.0. The Bertz CT molecular complexity index is 338.